The zero-order valence-electron chi connectivity index (χ0n) is 10.3. The first-order valence-corrected chi connectivity index (χ1v) is 6.09. The summed E-state index contributed by atoms with van der Waals surface area (Å²) in [7, 11) is 0. The Kier molecular flexibility index (Phi) is 3.47. The molecule has 0 unspecified atom stereocenters. The molecule has 0 saturated heterocycles. The molecule has 3 nitrogen and oxygen atoms in total. The van der Waals surface area contributed by atoms with Crippen molar-refractivity contribution in [2.24, 2.45) is 0 Å². The third-order valence-corrected chi connectivity index (χ3v) is 3.01. The van der Waals surface area contributed by atoms with Crippen LogP contribution in [0.1, 0.15) is 35.8 Å². The van der Waals surface area contributed by atoms with Gasteiger partial charge >= 0.3 is 0 Å². The summed E-state index contributed by atoms with van der Waals surface area (Å²) in [4.78, 5) is 15.1. The Bertz CT molecular complexity index is 528. The van der Waals surface area contributed by atoms with E-state index in [0.717, 1.165) is 35.9 Å². The van der Waals surface area contributed by atoms with Crippen molar-refractivity contribution in [2.75, 3.05) is 6.54 Å². The van der Waals surface area contributed by atoms with Crippen molar-refractivity contribution in [1.82, 2.24) is 10.3 Å². The Balaban J connectivity index is 2.23. The highest BCUT2D eigenvalue weighted by Crippen LogP contribution is 2.20. The number of hydrogen-bond donors (Lipinski definition) is 2. The van der Waals surface area contributed by atoms with Crippen LogP contribution in [0.2, 0.25) is 0 Å². The van der Waals surface area contributed by atoms with Crippen LogP contribution in [-0.2, 0) is 0 Å². The number of para-hydroxylation sites is 1. The molecule has 1 aromatic heterocycles. The monoisotopic (exact) mass is 230 g/mol. The summed E-state index contributed by atoms with van der Waals surface area (Å²) < 4.78 is 0. The number of rotatable bonds is 4. The number of hydrogen-bond acceptors (Lipinski definition) is 1. The van der Waals surface area contributed by atoms with E-state index in [4.69, 9.17) is 0 Å². The average molecular weight is 230 g/mol. The van der Waals surface area contributed by atoms with Crippen molar-refractivity contribution in [3.05, 3.63) is 35.5 Å². The molecule has 0 fully saturated rings. The van der Waals surface area contributed by atoms with E-state index in [1.807, 2.05) is 31.2 Å². The van der Waals surface area contributed by atoms with Gasteiger partial charge < -0.3 is 10.3 Å². The molecule has 0 atom stereocenters. The van der Waals surface area contributed by atoms with Gasteiger partial charge in [-0.25, -0.2) is 0 Å². The van der Waals surface area contributed by atoms with Gasteiger partial charge in [-0.1, -0.05) is 31.5 Å². The highest BCUT2D eigenvalue weighted by atomic mass is 16.1. The minimum absolute atomic E-state index is 0.00727. The van der Waals surface area contributed by atoms with E-state index in [1.165, 1.54) is 0 Å². The summed E-state index contributed by atoms with van der Waals surface area (Å²) in [6.45, 7) is 4.83. The number of nitrogens with one attached hydrogen (secondary N) is 2. The maximum absolute atomic E-state index is 12.0. The lowest BCUT2D eigenvalue weighted by Gasteiger charge is -2.03. The first-order valence-electron chi connectivity index (χ1n) is 6.09. The molecule has 90 valence electrons. The smallest absolute Gasteiger partial charge is 0.268 e. The molecule has 1 amide bonds. The fourth-order valence-electron chi connectivity index (χ4n) is 1.98. The zero-order valence-corrected chi connectivity index (χ0v) is 10.3. The second kappa shape index (κ2) is 5.04. The molecule has 0 aliphatic rings. The second-order valence-corrected chi connectivity index (χ2v) is 4.28. The van der Waals surface area contributed by atoms with Crippen LogP contribution < -0.4 is 5.32 Å². The summed E-state index contributed by atoms with van der Waals surface area (Å²) in [5.41, 5.74) is 2.72. The van der Waals surface area contributed by atoms with Crippen LogP contribution >= 0.6 is 0 Å². The van der Waals surface area contributed by atoms with Crippen molar-refractivity contribution in [1.29, 1.82) is 0 Å². The Hall–Kier alpha value is -1.77. The molecule has 2 rings (SSSR count). The summed E-state index contributed by atoms with van der Waals surface area (Å²) in [5.74, 6) is -0.00727. The Morgan fingerprint density at radius 2 is 2.12 bits per heavy atom. The number of carbonyl (C=O) groups is 1. The van der Waals surface area contributed by atoms with Gasteiger partial charge in [0.15, 0.2) is 0 Å². The molecule has 0 aliphatic carbocycles. The minimum Gasteiger partial charge on any atom is -0.351 e. The van der Waals surface area contributed by atoms with Gasteiger partial charge in [-0.2, -0.15) is 0 Å². The van der Waals surface area contributed by atoms with Crippen LogP contribution in [0.25, 0.3) is 10.9 Å². The number of carbonyl (C=O) groups excluding carboxylic acids is 1. The summed E-state index contributed by atoms with van der Waals surface area (Å²) >= 11 is 0. The molecular formula is C14H18N2O. The largest absolute Gasteiger partial charge is 0.351 e. The third-order valence-electron chi connectivity index (χ3n) is 3.01. The van der Waals surface area contributed by atoms with Crippen molar-refractivity contribution in [3.63, 3.8) is 0 Å². The lowest BCUT2D eigenvalue weighted by atomic mass is 10.1. The lowest BCUT2D eigenvalue weighted by Crippen LogP contribution is -2.25. The number of H-pyrrole nitrogens is 1. The number of unbranched alkanes of at least 4 members (excludes halogenated alkanes) is 1. The van der Waals surface area contributed by atoms with Gasteiger partial charge in [-0.05, 0) is 25.0 Å². The van der Waals surface area contributed by atoms with Gasteiger partial charge in [0, 0.05) is 17.4 Å². The Morgan fingerprint density at radius 1 is 1.35 bits per heavy atom. The van der Waals surface area contributed by atoms with Gasteiger partial charge in [0.2, 0.25) is 0 Å². The highest BCUT2D eigenvalue weighted by molar-refractivity contribution is 6.00. The van der Waals surface area contributed by atoms with Crippen molar-refractivity contribution in [3.8, 4) is 0 Å². The predicted molar refractivity (Wildman–Crippen MR) is 70.3 cm³/mol. The van der Waals surface area contributed by atoms with E-state index in [-0.39, 0.29) is 5.91 Å². The van der Waals surface area contributed by atoms with E-state index < -0.39 is 0 Å². The fourth-order valence-corrected chi connectivity index (χ4v) is 1.98. The third kappa shape index (κ3) is 2.33. The van der Waals surface area contributed by atoms with Crippen molar-refractivity contribution < 1.29 is 4.79 Å². The van der Waals surface area contributed by atoms with Crippen LogP contribution in [-0.4, -0.2) is 17.4 Å². The predicted octanol–water partition coefficient (Wildman–Crippen LogP) is 3.01. The van der Waals surface area contributed by atoms with E-state index in [0.29, 0.717) is 5.69 Å². The highest BCUT2D eigenvalue weighted by Gasteiger charge is 2.13. The molecule has 0 bridgehead atoms. The van der Waals surface area contributed by atoms with Crippen LogP contribution in [0.5, 0.6) is 0 Å². The first kappa shape index (κ1) is 11.7. The first-order chi connectivity index (χ1) is 8.24. The summed E-state index contributed by atoms with van der Waals surface area (Å²) in [6.07, 6.45) is 2.11. The molecule has 3 heteroatoms. The van der Waals surface area contributed by atoms with Crippen molar-refractivity contribution in [2.45, 2.75) is 26.7 Å². The number of aryl methyl sites for hydroxylation is 1. The molecule has 0 spiro atoms. The molecule has 17 heavy (non-hydrogen) atoms. The van der Waals surface area contributed by atoms with Gasteiger partial charge in [0.25, 0.3) is 5.91 Å². The van der Waals surface area contributed by atoms with E-state index >= 15 is 0 Å². The number of aromatic amines is 1. The van der Waals surface area contributed by atoms with Crippen LogP contribution in [0.3, 0.4) is 0 Å². The van der Waals surface area contributed by atoms with Crippen molar-refractivity contribution >= 4 is 16.8 Å². The number of fused-ring (bicyclic) bond motifs is 1. The number of amides is 1. The number of benzene rings is 1. The fraction of sp³-hybridized carbons (Fsp3) is 0.357. The maximum atomic E-state index is 12.0. The SMILES string of the molecule is CCCCNC(=O)c1[nH]c2ccccc2c1C. The summed E-state index contributed by atoms with van der Waals surface area (Å²) in [6, 6.07) is 7.98. The van der Waals surface area contributed by atoms with Crippen LogP contribution in [0, 0.1) is 6.92 Å². The standard InChI is InChI=1S/C14H18N2O/c1-3-4-9-15-14(17)13-10(2)11-7-5-6-8-12(11)16-13/h5-8,16H,3-4,9H2,1-2H3,(H,15,17). The van der Waals surface area contributed by atoms with E-state index in [9.17, 15) is 4.79 Å². The molecule has 0 saturated carbocycles. The molecule has 2 N–H and O–H groups in total. The summed E-state index contributed by atoms with van der Waals surface area (Å²) in [5, 5.41) is 4.05. The minimum atomic E-state index is -0.00727. The Labute approximate surface area is 101 Å². The molecule has 0 radical (unpaired) electrons. The molecule has 0 aliphatic heterocycles. The van der Waals surface area contributed by atoms with Gasteiger partial charge in [0.1, 0.15) is 5.69 Å². The lowest BCUT2D eigenvalue weighted by molar-refractivity contribution is 0.0948. The van der Waals surface area contributed by atoms with E-state index in [1.54, 1.807) is 0 Å². The van der Waals surface area contributed by atoms with E-state index in [2.05, 4.69) is 17.2 Å². The Morgan fingerprint density at radius 3 is 2.82 bits per heavy atom. The normalized spacial score (nSPS) is 10.7. The molecule has 1 heterocycles. The topological polar surface area (TPSA) is 44.9 Å². The van der Waals surface area contributed by atoms with Gasteiger partial charge in [-0.15, -0.1) is 0 Å². The zero-order chi connectivity index (χ0) is 12.3. The molecule has 2 aromatic rings. The maximum Gasteiger partial charge on any atom is 0.268 e. The van der Waals surface area contributed by atoms with Gasteiger partial charge in [0.05, 0.1) is 0 Å². The van der Waals surface area contributed by atoms with Crippen LogP contribution in [0.15, 0.2) is 24.3 Å². The molecular weight excluding hydrogens is 212 g/mol. The van der Waals surface area contributed by atoms with Gasteiger partial charge in [-0.3, -0.25) is 4.79 Å². The quantitative estimate of drug-likeness (QED) is 0.779. The number of aromatic nitrogens is 1. The second-order valence-electron chi connectivity index (χ2n) is 4.28. The average Bonchev–Trinajstić information content (AvgIpc) is 2.68. The van der Waals surface area contributed by atoms with Crippen LogP contribution in [0.4, 0.5) is 0 Å². The molecule has 1 aromatic carbocycles.